The molecule has 1 aromatic heterocycles. The number of halogens is 2. The molecule has 44 heavy (non-hydrogen) atoms. The second-order valence-electron chi connectivity index (χ2n) is 9.94. The van der Waals surface area contributed by atoms with Gasteiger partial charge in [-0.15, -0.1) is 0 Å². The summed E-state index contributed by atoms with van der Waals surface area (Å²) in [4.78, 5) is 44.3. The number of pyridine rings is 1. The Morgan fingerprint density at radius 3 is 2.39 bits per heavy atom. The molecule has 0 spiro atoms. The first-order valence-electron chi connectivity index (χ1n) is 13.6. The third-order valence-electron chi connectivity index (χ3n) is 6.98. The highest BCUT2D eigenvalue weighted by molar-refractivity contribution is 6.38. The van der Waals surface area contributed by atoms with E-state index in [-0.39, 0.29) is 30.0 Å². The molecule has 0 saturated carbocycles. The summed E-state index contributed by atoms with van der Waals surface area (Å²) >= 11 is 13.2. The molecule has 0 bridgehead atoms. The van der Waals surface area contributed by atoms with Gasteiger partial charge in [-0.1, -0.05) is 41.4 Å². The number of nitrogens with one attached hydrogen (secondary N) is 1. The van der Waals surface area contributed by atoms with Gasteiger partial charge in [0.05, 0.1) is 24.4 Å². The molecule has 4 rings (SSSR count). The zero-order valence-corrected chi connectivity index (χ0v) is 26.5. The van der Waals surface area contributed by atoms with Gasteiger partial charge in [0, 0.05) is 60.5 Å². The molecule has 3 aromatic carbocycles. The van der Waals surface area contributed by atoms with E-state index >= 15 is 0 Å². The number of para-hydroxylation sites is 1. The molecule has 0 aliphatic heterocycles. The Labute approximate surface area is 266 Å². The van der Waals surface area contributed by atoms with Crippen molar-refractivity contribution in [2.45, 2.75) is 20.5 Å². The van der Waals surface area contributed by atoms with Crippen molar-refractivity contribution in [3.8, 4) is 11.5 Å². The van der Waals surface area contributed by atoms with E-state index in [1.165, 1.54) is 22.8 Å². The van der Waals surface area contributed by atoms with Crippen molar-refractivity contribution in [2.75, 3.05) is 37.5 Å². The van der Waals surface area contributed by atoms with Gasteiger partial charge in [0.25, 0.3) is 0 Å². The summed E-state index contributed by atoms with van der Waals surface area (Å²) in [6.07, 6.45) is 2.95. The van der Waals surface area contributed by atoms with E-state index in [4.69, 9.17) is 32.7 Å². The first-order chi connectivity index (χ1) is 21.0. The Morgan fingerprint density at radius 2 is 1.70 bits per heavy atom. The van der Waals surface area contributed by atoms with Crippen molar-refractivity contribution in [1.29, 1.82) is 0 Å². The maximum absolute atomic E-state index is 13.0. The van der Waals surface area contributed by atoms with Gasteiger partial charge >= 0.3 is 0 Å². The predicted molar refractivity (Wildman–Crippen MR) is 175 cm³/mol. The third kappa shape index (κ3) is 7.48. The molecule has 9 nitrogen and oxygen atoms in total. The number of hydrogen-bond donors (Lipinski definition) is 1. The molecule has 0 aliphatic carbocycles. The van der Waals surface area contributed by atoms with Crippen molar-refractivity contribution >= 4 is 69.3 Å². The Hall–Kier alpha value is -4.60. The van der Waals surface area contributed by atoms with Crippen molar-refractivity contribution in [2.24, 2.45) is 0 Å². The van der Waals surface area contributed by atoms with E-state index < -0.39 is 5.91 Å². The quantitative estimate of drug-likeness (QED) is 0.208. The fourth-order valence-corrected chi connectivity index (χ4v) is 4.97. The van der Waals surface area contributed by atoms with Gasteiger partial charge in [0.15, 0.2) is 0 Å². The van der Waals surface area contributed by atoms with E-state index in [1.54, 1.807) is 69.7 Å². The van der Waals surface area contributed by atoms with Crippen LogP contribution in [0.2, 0.25) is 10.0 Å². The zero-order chi connectivity index (χ0) is 32.0. The molecular formula is C33H32Cl2N4O5. The second-order valence-corrected chi connectivity index (χ2v) is 10.7. The van der Waals surface area contributed by atoms with Crippen LogP contribution in [0.5, 0.6) is 11.5 Å². The Bertz CT molecular complexity index is 1740. The molecular weight excluding hydrogens is 603 g/mol. The Balaban J connectivity index is 1.40. The molecule has 3 amide bonds. The molecule has 11 heteroatoms. The molecule has 0 aliphatic rings. The number of carbonyl (C=O) groups is 3. The van der Waals surface area contributed by atoms with Crippen LogP contribution in [-0.4, -0.2) is 50.5 Å². The number of carbonyl (C=O) groups excluding carboxylic acids is 3. The highest BCUT2D eigenvalue weighted by Gasteiger charge is 2.20. The summed E-state index contributed by atoms with van der Waals surface area (Å²) < 4.78 is 11.6. The molecule has 1 heterocycles. The molecule has 0 atom stereocenters. The lowest BCUT2D eigenvalue weighted by Crippen LogP contribution is -2.37. The number of likely N-dealkylation sites (N-methyl/N-ethyl adjacent to an activating group) is 1. The summed E-state index contributed by atoms with van der Waals surface area (Å²) in [5.74, 6) is 0.304. The Kier molecular flexibility index (Phi) is 10.5. The fraction of sp³-hybridized carbons (Fsp3) is 0.212. The molecule has 1 N–H and O–H groups in total. The van der Waals surface area contributed by atoms with Crippen molar-refractivity contribution in [1.82, 2.24) is 10.3 Å². The number of fused-ring (bicyclic) bond motifs is 1. The number of amides is 3. The van der Waals surface area contributed by atoms with Gasteiger partial charge in [0.1, 0.15) is 23.6 Å². The molecule has 0 unspecified atom stereocenters. The maximum atomic E-state index is 13.0. The number of hydrogen-bond acceptors (Lipinski definition) is 6. The van der Waals surface area contributed by atoms with Crippen molar-refractivity contribution in [3.05, 3.63) is 93.6 Å². The predicted octanol–water partition coefficient (Wildman–Crippen LogP) is 6.21. The van der Waals surface area contributed by atoms with Gasteiger partial charge in [0.2, 0.25) is 17.7 Å². The largest absolute Gasteiger partial charge is 0.496 e. The SMILES string of the molecule is COc1cc(C)nc2c(OCc3c(Cl)ccc(N(C)C(=O)CNC(=O)/C=C/c4ccc(N(C)C(C)=O)cc4)c3Cl)cccc12. The Morgan fingerprint density at radius 1 is 0.977 bits per heavy atom. The van der Waals surface area contributed by atoms with Crippen LogP contribution < -0.4 is 24.6 Å². The first-order valence-corrected chi connectivity index (χ1v) is 14.4. The topological polar surface area (TPSA) is 101 Å². The summed E-state index contributed by atoms with van der Waals surface area (Å²) in [5.41, 5.74) is 3.83. The number of methoxy groups -OCH3 is 1. The van der Waals surface area contributed by atoms with Crippen molar-refractivity contribution < 1.29 is 23.9 Å². The number of ether oxygens (including phenoxy) is 2. The van der Waals surface area contributed by atoms with E-state index in [2.05, 4.69) is 10.3 Å². The summed E-state index contributed by atoms with van der Waals surface area (Å²) in [5, 5.41) is 4.02. The number of aromatic nitrogens is 1. The number of benzene rings is 3. The fourth-order valence-electron chi connectivity index (χ4n) is 4.36. The third-order valence-corrected chi connectivity index (χ3v) is 7.76. The summed E-state index contributed by atoms with van der Waals surface area (Å²) in [7, 11) is 4.85. The van der Waals surface area contributed by atoms with E-state index in [9.17, 15) is 14.4 Å². The summed E-state index contributed by atoms with van der Waals surface area (Å²) in [6.45, 7) is 3.13. The lowest BCUT2D eigenvalue weighted by atomic mass is 10.1. The lowest BCUT2D eigenvalue weighted by molar-refractivity contribution is -0.122. The highest BCUT2D eigenvalue weighted by atomic mass is 35.5. The van der Waals surface area contributed by atoms with Crippen LogP contribution in [0.3, 0.4) is 0 Å². The van der Waals surface area contributed by atoms with E-state index in [0.717, 1.165) is 22.3 Å². The average molecular weight is 636 g/mol. The second kappa shape index (κ2) is 14.2. The minimum atomic E-state index is -0.441. The van der Waals surface area contributed by atoms with E-state index in [1.807, 2.05) is 25.1 Å². The average Bonchev–Trinajstić information content (AvgIpc) is 3.01. The van der Waals surface area contributed by atoms with Crippen LogP contribution in [0.4, 0.5) is 11.4 Å². The van der Waals surface area contributed by atoms with Gasteiger partial charge in [-0.05, 0) is 55.0 Å². The van der Waals surface area contributed by atoms with Crippen LogP contribution in [0.15, 0.2) is 66.7 Å². The minimum absolute atomic E-state index is 0.0259. The van der Waals surface area contributed by atoms with Crippen LogP contribution >= 0.6 is 23.2 Å². The standard InChI is InChI=1S/C33H32Cl2N4O5/c1-20-17-29(43-5)24-7-6-8-28(33(24)37-20)44-19-25-26(34)14-15-27(32(25)35)39(4)31(42)18-36-30(41)16-11-22-9-12-23(13-10-22)38(3)21(2)40/h6-17H,18-19H2,1-5H3,(H,36,41)/b16-11+. The van der Waals surface area contributed by atoms with Crippen molar-refractivity contribution in [3.63, 3.8) is 0 Å². The van der Waals surface area contributed by atoms with Gasteiger partial charge in [-0.2, -0.15) is 0 Å². The minimum Gasteiger partial charge on any atom is -0.496 e. The number of aryl methyl sites for hydroxylation is 1. The normalized spacial score (nSPS) is 11.0. The van der Waals surface area contributed by atoms with Gasteiger partial charge in [-0.25, -0.2) is 4.98 Å². The van der Waals surface area contributed by atoms with Crippen LogP contribution in [0, 0.1) is 6.92 Å². The number of anilines is 2. The highest BCUT2D eigenvalue weighted by Crippen LogP contribution is 2.36. The smallest absolute Gasteiger partial charge is 0.246 e. The van der Waals surface area contributed by atoms with Crippen LogP contribution in [-0.2, 0) is 21.0 Å². The van der Waals surface area contributed by atoms with Crippen LogP contribution in [0.1, 0.15) is 23.7 Å². The number of nitrogens with zero attached hydrogens (tertiary/aromatic N) is 3. The first kappa shape index (κ1) is 32.3. The van der Waals surface area contributed by atoms with Crippen LogP contribution in [0.25, 0.3) is 17.0 Å². The monoisotopic (exact) mass is 634 g/mol. The molecule has 228 valence electrons. The molecule has 0 radical (unpaired) electrons. The molecule has 4 aromatic rings. The number of rotatable bonds is 10. The van der Waals surface area contributed by atoms with E-state index in [0.29, 0.717) is 33.3 Å². The lowest BCUT2D eigenvalue weighted by Gasteiger charge is -2.21. The zero-order valence-electron chi connectivity index (χ0n) is 25.0. The van der Waals surface area contributed by atoms with Gasteiger partial charge < -0.3 is 24.6 Å². The molecule has 0 fully saturated rings. The molecule has 0 saturated heterocycles. The summed E-state index contributed by atoms with van der Waals surface area (Å²) in [6, 6.07) is 17.8. The maximum Gasteiger partial charge on any atom is 0.246 e. The van der Waals surface area contributed by atoms with Gasteiger partial charge in [-0.3, -0.25) is 14.4 Å².